The van der Waals surface area contributed by atoms with E-state index in [0.29, 0.717) is 36.7 Å². The number of carbonyl (C=O) groups excluding carboxylic acids is 1. The van der Waals surface area contributed by atoms with Gasteiger partial charge in [-0.05, 0) is 38.1 Å². The summed E-state index contributed by atoms with van der Waals surface area (Å²) in [5.74, 6) is 0.714. The van der Waals surface area contributed by atoms with E-state index in [4.69, 9.17) is 4.42 Å². The van der Waals surface area contributed by atoms with E-state index in [1.807, 2.05) is 36.1 Å². The van der Waals surface area contributed by atoms with Gasteiger partial charge in [0.05, 0.1) is 23.6 Å². The minimum atomic E-state index is -0.340. The molecule has 1 atom stereocenters. The third kappa shape index (κ3) is 3.66. The number of aromatic nitrogens is 1. The molecule has 1 aliphatic heterocycles. The van der Waals surface area contributed by atoms with Gasteiger partial charge in [-0.15, -0.1) is 0 Å². The van der Waals surface area contributed by atoms with Gasteiger partial charge in [0.25, 0.3) is 5.91 Å². The summed E-state index contributed by atoms with van der Waals surface area (Å²) in [6.07, 6.45) is 1.27. The number of rotatable bonds is 4. The number of hydrogen-bond donors (Lipinski definition) is 1. The van der Waals surface area contributed by atoms with E-state index >= 15 is 0 Å². The first kappa shape index (κ1) is 16.7. The molecule has 1 N–H and O–H groups in total. The van der Waals surface area contributed by atoms with Gasteiger partial charge in [0.1, 0.15) is 5.69 Å². The molecular formula is C18H23N3O3. The van der Waals surface area contributed by atoms with Crippen LogP contribution in [-0.2, 0) is 0 Å². The predicted octanol–water partition coefficient (Wildman–Crippen LogP) is 1.79. The van der Waals surface area contributed by atoms with Crippen LogP contribution in [0, 0.1) is 6.92 Å². The lowest BCUT2D eigenvalue weighted by molar-refractivity contribution is 0.0553. The van der Waals surface area contributed by atoms with Crippen LogP contribution in [-0.4, -0.2) is 64.6 Å². The number of piperazine rings is 1. The Hall–Kier alpha value is -2.18. The van der Waals surface area contributed by atoms with E-state index in [2.05, 4.69) is 9.88 Å². The van der Waals surface area contributed by atoms with Crippen molar-refractivity contribution in [2.24, 2.45) is 0 Å². The molecule has 6 nitrogen and oxygen atoms in total. The second-order valence-corrected chi connectivity index (χ2v) is 6.25. The molecule has 1 amide bonds. The van der Waals surface area contributed by atoms with Crippen LogP contribution < -0.4 is 0 Å². The molecule has 6 heteroatoms. The number of carbonyl (C=O) groups is 1. The highest BCUT2D eigenvalue weighted by molar-refractivity contribution is 5.95. The molecule has 1 fully saturated rings. The second kappa shape index (κ2) is 7.15. The van der Waals surface area contributed by atoms with E-state index in [9.17, 15) is 9.90 Å². The zero-order valence-corrected chi connectivity index (χ0v) is 14.1. The SMILES string of the molecule is Cc1nc(-c2ccco2)ccc1C(=O)N1CCN(C[C@H](C)O)CC1. The minimum Gasteiger partial charge on any atom is -0.463 e. The van der Waals surface area contributed by atoms with Crippen molar-refractivity contribution in [1.29, 1.82) is 0 Å². The number of β-amino-alcohol motifs (C(OH)–C–C–N with tert-alkyl or cyclic N) is 1. The highest BCUT2D eigenvalue weighted by Crippen LogP contribution is 2.20. The molecule has 0 spiro atoms. The molecule has 0 unspecified atom stereocenters. The van der Waals surface area contributed by atoms with E-state index in [1.54, 1.807) is 13.2 Å². The van der Waals surface area contributed by atoms with Gasteiger partial charge in [-0.2, -0.15) is 0 Å². The standard InChI is InChI=1S/C18H23N3O3/c1-13(22)12-20-7-9-21(10-8-20)18(23)15-5-6-16(19-14(15)2)17-4-3-11-24-17/h3-6,11,13,22H,7-10,12H2,1-2H3/t13-/m0/s1. The molecule has 0 aromatic carbocycles. The summed E-state index contributed by atoms with van der Waals surface area (Å²) in [6.45, 7) is 7.20. The molecular weight excluding hydrogens is 306 g/mol. The van der Waals surface area contributed by atoms with Crippen LogP contribution in [0.15, 0.2) is 34.9 Å². The fourth-order valence-electron chi connectivity index (χ4n) is 3.03. The number of furan rings is 1. The summed E-state index contributed by atoms with van der Waals surface area (Å²) in [6, 6.07) is 7.32. The van der Waals surface area contributed by atoms with Crippen molar-refractivity contribution in [3.63, 3.8) is 0 Å². The molecule has 0 bridgehead atoms. The van der Waals surface area contributed by atoms with Gasteiger partial charge in [-0.25, -0.2) is 4.98 Å². The molecule has 3 rings (SSSR count). The molecule has 0 aliphatic carbocycles. The monoisotopic (exact) mass is 329 g/mol. The van der Waals surface area contributed by atoms with Crippen molar-refractivity contribution in [3.8, 4) is 11.5 Å². The molecule has 128 valence electrons. The Kier molecular flexibility index (Phi) is 4.97. The number of pyridine rings is 1. The van der Waals surface area contributed by atoms with Crippen molar-refractivity contribution in [3.05, 3.63) is 41.8 Å². The molecule has 2 aromatic heterocycles. The Morgan fingerprint density at radius 1 is 1.29 bits per heavy atom. The van der Waals surface area contributed by atoms with Gasteiger partial charge in [-0.1, -0.05) is 0 Å². The Morgan fingerprint density at radius 3 is 2.62 bits per heavy atom. The largest absolute Gasteiger partial charge is 0.463 e. The fourth-order valence-corrected chi connectivity index (χ4v) is 3.03. The Bertz CT molecular complexity index is 690. The molecule has 1 saturated heterocycles. The van der Waals surface area contributed by atoms with Crippen molar-refractivity contribution in [2.75, 3.05) is 32.7 Å². The Labute approximate surface area is 141 Å². The van der Waals surface area contributed by atoms with Crippen molar-refractivity contribution in [2.45, 2.75) is 20.0 Å². The fraction of sp³-hybridized carbons (Fsp3) is 0.444. The second-order valence-electron chi connectivity index (χ2n) is 6.25. The summed E-state index contributed by atoms with van der Waals surface area (Å²) >= 11 is 0. The summed E-state index contributed by atoms with van der Waals surface area (Å²) in [5, 5.41) is 9.46. The molecule has 24 heavy (non-hydrogen) atoms. The highest BCUT2D eigenvalue weighted by atomic mass is 16.3. The van der Waals surface area contributed by atoms with Gasteiger partial charge in [0.2, 0.25) is 0 Å². The zero-order valence-electron chi connectivity index (χ0n) is 14.1. The molecule has 3 heterocycles. The predicted molar refractivity (Wildman–Crippen MR) is 90.7 cm³/mol. The van der Waals surface area contributed by atoms with Crippen LogP contribution >= 0.6 is 0 Å². The minimum absolute atomic E-state index is 0.0164. The number of aliphatic hydroxyl groups is 1. The van der Waals surface area contributed by atoms with Gasteiger partial charge >= 0.3 is 0 Å². The van der Waals surface area contributed by atoms with E-state index in [0.717, 1.165) is 18.8 Å². The molecule has 0 radical (unpaired) electrons. The van der Waals surface area contributed by atoms with Gasteiger partial charge in [0.15, 0.2) is 5.76 Å². The number of aryl methyl sites for hydroxylation is 1. The highest BCUT2D eigenvalue weighted by Gasteiger charge is 2.24. The quantitative estimate of drug-likeness (QED) is 0.926. The summed E-state index contributed by atoms with van der Waals surface area (Å²) in [7, 11) is 0. The number of hydrogen-bond acceptors (Lipinski definition) is 5. The summed E-state index contributed by atoms with van der Waals surface area (Å²) < 4.78 is 5.35. The lowest BCUT2D eigenvalue weighted by Crippen LogP contribution is -2.50. The lowest BCUT2D eigenvalue weighted by atomic mass is 10.1. The van der Waals surface area contributed by atoms with Crippen LogP contribution in [0.3, 0.4) is 0 Å². The smallest absolute Gasteiger partial charge is 0.255 e. The van der Waals surface area contributed by atoms with E-state index < -0.39 is 0 Å². The summed E-state index contributed by atoms with van der Waals surface area (Å²) in [5.41, 5.74) is 2.07. The average Bonchev–Trinajstić information content (AvgIpc) is 3.09. The number of nitrogens with zero attached hydrogens (tertiary/aromatic N) is 3. The first-order valence-corrected chi connectivity index (χ1v) is 8.26. The van der Waals surface area contributed by atoms with Crippen LogP contribution in [0.4, 0.5) is 0 Å². The number of amides is 1. The molecule has 0 saturated carbocycles. The van der Waals surface area contributed by atoms with Gasteiger partial charge in [0, 0.05) is 32.7 Å². The zero-order chi connectivity index (χ0) is 17.1. The molecule has 2 aromatic rings. The third-order valence-electron chi connectivity index (χ3n) is 4.27. The van der Waals surface area contributed by atoms with Crippen molar-refractivity contribution >= 4 is 5.91 Å². The Morgan fingerprint density at radius 2 is 2.04 bits per heavy atom. The maximum absolute atomic E-state index is 12.7. The first-order chi connectivity index (χ1) is 11.5. The van der Waals surface area contributed by atoms with Gasteiger partial charge in [-0.3, -0.25) is 9.69 Å². The topological polar surface area (TPSA) is 69.8 Å². The lowest BCUT2D eigenvalue weighted by Gasteiger charge is -2.35. The van der Waals surface area contributed by atoms with Gasteiger partial charge < -0.3 is 14.4 Å². The van der Waals surface area contributed by atoms with Crippen LogP contribution in [0.1, 0.15) is 23.0 Å². The van der Waals surface area contributed by atoms with E-state index in [1.165, 1.54) is 0 Å². The molecule has 1 aliphatic rings. The van der Waals surface area contributed by atoms with E-state index in [-0.39, 0.29) is 12.0 Å². The maximum Gasteiger partial charge on any atom is 0.255 e. The van der Waals surface area contributed by atoms with Crippen LogP contribution in [0.25, 0.3) is 11.5 Å². The first-order valence-electron chi connectivity index (χ1n) is 8.26. The van der Waals surface area contributed by atoms with Crippen LogP contribution in [0.2, 0.25) is 0 Å². The normalized spacial score (nSPS) is 17.0. The Balaban J connectivity index is 1.67. The van der Waals surface area contributed by atoms with Crippen molar-refractivity contribution < 1.29 is 14.3 Å². The summed E-state index contributed by atoms with van der Waals surface area (Å²) in [4.78, 5) is 21.3. The number of aliphatic hydroxyl groups excluding tert-OH is 1. The van der Waals surface area contributed by atoms with Crippen molar-refractivity contribution in [1.82, 2.24) is 14.8 Å². The average molecular weight is 329 g/mol. The maximum atomic E-state index is 12.7. The third-order valence-corrected chi connectivity index (χ3v) is 4.27. The van der Waals surface area contributed by atoms with Crippen LogP contribution in [0.5, 0.6) is 0 Å².